The van der Waals surface area contributed by atoms with Crippen LogP contribution in [0.25, 0.3) is 0 Å². The van der Waals surface area contributed by atoms with Crippen molar-refractivity contribution in [2.45, 2.75) is 11.8 Å². The molecule has 0 atom stereocenters. The smallest absolute Gasteiger partial charge is 0.339 e. The van der Waals surface area contributed by atoms with Crippen LogP contribution < -0.4 is 9.08 Å². The third kappa shape index (κ3) is 4.81. The molecular weight excluding hydrogens is 393 g/mol. The zero-order valence-corrected chi connectivity index (χ0v) is 16.6. The van der Waals surface area contributed by atoms with Gasteiger partial charge in [-0.1, -0.05) is 53.1 Å². The minimum atomic E-state index is -4.04. The van der Waals surface area contributed by atoms with Gasteiger partial charge in [0.05, 0.1) is 10.0 Å². The molecule has 2 rings (SSSR count). The van der Waals surface area contributed by atoms with Gasteiger partial charge in [-0.3, -0.25) is 0 Å². The van der Waals surface area contributed by atoms with Crippen molar-refractivity contribution in [1.82, 2.24) is 0 Å². The van der Waals surface area contributed by atoms with E-state index in [0.717, 1.165) is 5.56 Å². The van der Waals surface area contributed by atoms with Gasteiger partial charge in [0.15, 0.2) is 5.75 Å². The standard InChI is InChI=1S/C19H19Cl2NO3S/c1-4-10-22(11-5-2)15-12-17(20)19(18(21)13-15)25-26(23,24)16-8-6-14(3)7-9-16/h4-9,12-13H,1-2,10-11H2,3H3. The first kappa shape index (κ1) is 20.4. The number of halogens is 2. The summed E-state index contributed by atoms with van der Waals surface area (Å²) < 4.78 is 30.1. The quantitative estimate of drug-likeness (QED) is 0.439. The highest BCUT2D eigenvalue weighted by atomic mass is 35.5. The molecule has 0 N–H and O–H groups in total. The van der Waals surface area contributed by atoms with Gasteiger partial charge in [0, 0.05) is 18.8 Å². The molecule has 0 aliphatic heterocycles. The van der Waals surface area contributed by atoms with Gasteiger partial charge in [0.25, 0.3) is 0 Å². The minimum absolute atomic E-state index is 0.0271. The molecule has 0 aliphatic carbocycles. The zero-order chi connectivity index (χ0) is 19.3. The van der Waals surface area contributed by atoms with E-state index in [-0.39, 0.29) is 20.7 Å². The van der Waals surface area contributed by atoms with E-state index in [4.69, 9.17) is 27.4 Å². The molecule has 0 aromatic heterocycles. The van der Waals surface area contributed by atoms with Crippen LogP contribution >= 0.6 is 23.2 Å². The second kappa shape index (κ2) is 8.62. The Bertz CT molecular complexity index is 876. The fraction of sp³-hybridized carbons (Fsp3) is 0.158. The Morgan fingerprint density at radius 2 is 1.54 bits per heavy atom. The molecule has 2 aromatic carbocycles. The Morgan fingerprint density at radius 1 is 1.04 bits per heavy atom. The summed E-state index contributed by atoms with van der Waals surface area (Å²) in [5, 5.41) is 0.197. The van der Waals surface area contributed by atoms with E-state index in [1.54, 1.807) is 36.4 Å². The van der Waals surface area contributed by atoms with Crippen LogP contribution in [0.15, 0.2) is 66.6 Å². The fourth-order valence-electron chi connectivity index (χ4n) is 2.27. The van der Waals surface area contributed by atoms with Crippen LogP contribution in [0.3, 0.4) is 0 Å². The molecule has 0 unspecified atom stereocenters. The summed E-state index contributed by atoms with van der Waals surface area (Å²) in [6, 6.07) is 9.50. The summed E-state index contributed by atoms with van der Waals surface area (Å²) in [7, 11) is -4.04. The largest absolute Gasteiger partial charge is 0.376 e. The van der Waals surface area contributed by atoms with E-state index in [1.165, 1.54) is 12.1 Å². The van der Waals surface area contributed by atoms with Gasteiger partial charge in [-0.2, -0.15) is 8.42 Å². The van der Waals surface area contributed by atoms with E-state index >= 15 is 0 Å². The van der Waals surface area contributed by atoms with E-state index in [0.29, 0.717) is 18.8 Å². The molecule has 0 bridgehead atoms. The molecule has 26 heavy (non-hydrogen) atoms. The Morgan fingerprint density at radius 3 is 2.00 bits per heavy atom. The molecule has 0 saturated heterocycles. The Hall–Kier alpha value is -1.95. The number of benzene rings is 2. The Labute approximate surface area is 164 Å². The maximum absolute atomic E-state index is 12.5. The van der Waals surface area contributed by atoms with Crippen molar-refractivity contribution in [2.24, 2.45) is 0 Å². The van der Waals surface area contributed by atoms with Crippen molar-refractivity contribution in [1.29, 1.82) is 0 Å². The average Bonchev–Trinajstić information content (AvgIpc) is 2.58. The highest BCUT2D eigenvalue weighted by Gasteiger charge is 2.21. The number of nitrogens with zero attached hydrogens (tertiary/aromatic N) is 1. The predicted octanol–water partition coefficient (Wildman–Crippen LogP) is 5.25. The van der Waals surface area contributed by atoms with Crippen LogP contribution in [0.4, 0.5) is 5.69 Å². The van der Waals surface area contributed by atoms with Crippen LogP contribution in [0, 0.1) is 6.92 Å². The molecule has 7 heteroatoms. The van der Waals surface area contributed by atoms with E-state index in [9.17, 15) is 8.42 Å². The van der Waals surface area contributed by atoms with Crippen molar-refractivity contribution in [3.05, 3.63) is 77.3 Å². The lowest BCUT2D eigenvalue weighted by Crippen LogP contribution is -2.23. The molecule has 2 aromatic rings. The number of anilines is 1. The van der Waals surface area contributed by atoms with Crippen LogP contribution in [-0.4, -0.2) is 21.5 Å². The summed E-state index contributed by atoms with van der Waals surface area (Å²) in [5.74, 6) is -0.102. The van der Waals surface area contributed by atoms with Crippen molar-refractivity contribution in [2.75, 3.05) is 18.0 Å². The summed E-state index contributed by atoms with van der Waals surface area (Å²) in [6.07, 6.45) is 3.47. The molecule has 0 amide bonds. The van der Waals surface area contributed by atoms with E-state index in [1.807, 2.05) is 11.8 Å². The van der Waals surface area contributed by atoms with Crippen LogP contribution in [0.1, 0.15) is 5.56 Å². The first-order chi connectivity index (χ1) is 12.3. The van der Waals surface area contributed by atoms with Gasteiger partial charge in [-0.05, 0) is 31.2 Å². The van der Waals surface area contributed by atoms with Gasteiger partial charge < -0.3 is 9.08 Å². The topological polar surface area (TPSA) is 46.6 Å². The maximum Gasteiger partial charge on any atom is 0.339 e. The lowest BCUT2D eigenvalue weighted by atomic mass is 10.2. The number of rotatable bonds is 8. The van der Waals surface area contributed by atoms with Crippen molar-refractivity contribution in [3.8, 4) is 5.75 Å². The molecule has 0 fully saturated rings. The van der Waals surface area contributed by atoms with Crippen LogP contribution in [0.2, 0.25) is 10.0 Å². The third-order valence-electron chi connectivity index (χ3n) is 3.55. The third-order valence-corrected chi connectivity index (χ3v) is 5.35. The summed E-state index contributed by atoms with van der Waals surface area (Å²) in [4.78, 5) is 1.95. The molecule has 0 saturated carbocycles. The molecule has 138 valence electrons. The predicted molar refractivity (Wildman–Crippen MR) is 108 cm³/mol. The van der Waals surface area contributed by atoms with Crippen LogP contribution in [-0.2, 0) is 10.1 Å². The van der Waals surface area contributed by atoms with Gasteiger partial charge >= 0.3 is 10.1 Å². The first-order valence-corrected chi connectivity index (χ1v) is 9.92. The van der Waals surface area contributed by atoms with E-state index in [2.05, 4.69) is 13.2 Å². The average molecular weight is 412 g/mol. The summed E-state index contributed by atoms with van der Waals surface area (Å²) in [5.41, 5.74) is 1.65. The lowest BCUT2D eigenvalue weighted by Gasteiger charge is -2.23. The Kier molecular flexibility index (Phi) is 6.75. The number of hydrogen-bond donors (Lipinski definition) is 0. The maximum atomic E-state index is 12.5. The van der Waals surface area contributed by atoms with Gasteiger partial charge in [0.1, 0.15) is 4.90 Å². The van der Waals surface area contributed by atoms with Gasteiger partial charge in [-0.25, -0.2) is 0 Å². The molecule has 0 aliphatic rings. The highest BCUT2D eigenvalue weighted by molar-refractivity contribution is 7.87. The first-order valence-electron chi connectivity index (χ1n) is 7.75. The number of aryl methyl sites for hydroxylation is 1. The molecule has 4 nitrogen and oxygen atoms in total. The molecule has 0 radical (unpaired) electrons. The molecular formula is C19H19Cl2NO3S. The molecule has 0 heterocycles. The van der Waals surface area contributed by atoms with Crippen LogP contribution in [0.5, 0.6) is 5.75 Å². The molecule has 0 spiro atoms. The zero-order valence-electron chi connectivity index (χ0n) is 14.3. The van der Waals surface area contributed by atoms with E-state index < -0.39 is 10.1 Å². The SMILES string of the molecule is C=CCN(CC=C)c1cc(Cl)c(OS(=O)(=O)c2ccc(C)cc2)c(Cl)c1. The second-order valence-corrected chi connectivity index (χ2v) is 7.93. The van der Waals surface area contributed by atoms with Crippen molar-refractivity contribution < 1.29 is 12.6 Å². The Balaban J connectivity index is 2.37. The highest BCUT2D eigenvalue weighted by Crippen LogP contribution is 2.38. The number of hydrogen-bond acceptors (Lipinski definition) is 4. The fourth-order valence-corrected chi connectivity index (χ4v) is 3.88. The minimum Gasteiger partial charge on any atom is -0.376 e. The summed E-state index contributed by atoms with van der Waals surface area (Å²) >= 11 is 12.5. The van der Waals surface area contributed by atoms with Crippen molar-refractivity contribution in [3.63, 3.8) is 0 Å². The van der Waals surface area contributed by atoms with Gasteiger partial charge in [-0.15, -0.1) is 13.2 Å². The normalized spacial score (nSPS) is 11.0. The summed E-state index contributed by atoms with van der Waals surface area (Å²) in [6.45, 7) is 10.4. The van der Waals surface area contributed by atoms with Gasteiger partial charge in [0.2, 0.25) is 0 Å². The second-order valence-electron chi connectivity index (χ2n) is 5.57. The monoisotopic (exact) mass is 411 g/mol. The lowest BCUT2D eigenvalue weighted by molar-refractivity contribution is 0.486. The van der Waals surface area contributed by atoms with Crippen molar-refractivity contribution >= 4 is 39.0 Å².